The van der Waals surface area contributed by atoms with Crippen LogP contribution in [0.1, 0.15) is 12.0 Å². The van der Waals surface area contributed by atoms with Crippen molar-refractivity contribution in [3.8, 4) is 11.5 Å². The number of halogens is 2. The Morgan fingerprint density at radius 2 is 2.02 bits per heavy atom. The van der Waals surface area contributed by atoms with Crippen LogP contribution in [0.5, 0.6) is 11.5 Å². The third-order valence-corrected chi connectivity index (χ3v) is 6.53. The number of amides is 1. The Balaban J connectivity index is 1.63. The molecule has 4 rings (SSSR count). The Hall–Kier alpha value is -4.27. The third-order valence-electron chi connectivity index (χ3n) is 6.53. The number of aliphatic hydroxyl groups is 1. The SMILES string of the molecule is COCCN(CCO)CCCOc1cc2c(cc1OC)C(=Nc1cnn(CC(N)=O)c1)N(c1cccc(F)c1F)CN2. The zero-order valence-corrected chi connectivity index (χ0v) is 23.6. The summed E-state index contributed by atoms with van der Waals surface area (Å²) >= 11 is 0. The van der Waals surface area contributed by atoms with Crippen molar-refractivity contribution in [2.45, 2.75) is 13.0 Å². The van der Waals surface area contributed by atoms with E-state index in [0.29, 0.717) is 73.5 Å². The molecule has 3 aromatic rings. The average molecular weight is 588 g/mol. The van der Waals surface area contributed by atoms with E-state index in [2.05, 4.69) is 15.3 Å². The molecule has 2 aromatic carbocycles. The third kappa shape index (κ3) is 7.51. The first-order valence-electron chi connectivity index (χ1n) is 13.4. The molecule has 226 valence electrons. The highest BCUT2D eigenvalue weighted by Crippen LogP contribution is 2.38. The molecule has 0 fully saturated rings. The van der Waals surface area contributed by atoms with Gasteiger partial charge in [-0.25, -0.2) is 13.8 Å². The zero-order chi connectivity index (χ0) is 30.1. The molecular formula is C28H35F2N7O5. The maximum absolute atomic E-state index is 14.9. The molecule has 4 N–H and O–H groups in total. The molecule has 0 aliphatic carbocycles. The van der Waals surface area contributed by atoms with Gasteiger partial charge in [0.1, 0.15) is 18.1 Å². The molecule has 0 unspecified atom stereocenters. The van der Waals surface area contributed by atoms with Gasteiger partial charge in [-0.1, -0.05) is 6.07 Å². The highest BCUT2D eigenvalue weighted by molar-refractivity contribution is 6.16. The molecule has 1 aliphatic rings. The monoisotopic (exact) mass is 587 g/mol. The van der Waals surface area contributed by atoms with Crippen molar-refractivity contribution in [2.75, 3.05) is 70.6 Å². The number of nitrogens with zero attached hydrogens (tertiary/aromatic N) is 5. The summed E-state index contributed by atoms with van der Waals surface area (Å²) in [7, 11) is 3.14. The Bertz CT molecular complexity index is 1400. The molecule has 2 heterocycles. The van der Waals surface area contributed by atoms with Gasteiger partial charge in [0.15, 0.2) is 23.1 Å². The van der Waals surface area contributed by atoms with Crippen LogP contribution in [0.4, 0.5) is 25.8 Å². The lowest BCUT2D eigenvalue weighted by Crippen LogP contribution is -2.41. The van der Waals surface area contributed by atoms with Gasteiger partial charge in [0.05, 0.1) is 57.4 Å². The fourth-order valence-corrected chi connectivity index (χ4v) is 4.52. The van der Waals surface area contributed by atoms with Crippen LogP contribution in [-0.4, -0.2) is 91.9 Å². The van der Waals surface area contributed by atoms with Gasteiger partial charge >= 0.3 is 0 Å². The Kier molecular flexibility index (Phi) is 10.6. The number of hydrogen-bond acceptors (Lipinski definition) is 9. The summed E-state index contributed by atoms with van der Waals surface area (Å²) in [4.78, 5) is 19.6. The molecule has 1 aromatic heterocycles. The maximum Gasteiger partial charge on any atom is 0.239 e. The number of hydrogen-bond donors (Lipinski definition) is 3. The predicted octanol–water partition coefficient (Wildman–Crippen LogP) is 2.33. The van der Waals surface area contributed by atoms with E-state index >= 15 is 0 Å². The normalized spacial score (nSPS) is 13.8. The standard InChI is InChI=1S/C28H35F2N7O5/c1-40-12-9-35(8-10-38)7-4-11-42-25-14-22-20(13-24(25)41-2)28(34-19-15-33-36(16-19)17-26(31)39)37(18-32-22)23-6-3-5-21(29)27(23)30/h3,5-6,13-16,32,38H,4,7-12,17-18H2,1-2H3,(H2,31,39). The van der Waals surface area contributed by atoms with E-state index in [1.165, 1.54) is 41.2 Å². The number of methoxy groups -OCH3 is 2. The lowest BCUT2D eigenvalue weighted by atomic mass is 10.1. The maximum atomic E-state index is 14.9. The van der Waals surface area contributed by atoms with Gasteiger partial charge in [0.2, 0.25) is 5.91 Å². The molecule has 0 saturated carbocycles. The van der Waals surface area contributed by atoms with Gasteiger partial charge in [0, 0.05) is 38.4 Å². The van der Waals surface area contributed by atoms with Crippen molar-refractivity contribution in [1.29, 1.82) is 0 Å². The van der Waals surface area contributed by atoms with Gasteiger partial charge < -0.3 is 35.3 Å². The van der Waals surface area contributed by atoms with Crippen molar-refractivity contribution in [1.82, 2.24) is 14.7 Å². The molecule has 1 aliphatic heterocycles. The highest BCUT2D eigenvalue weighted by Gasteiger charge is 2.29. The number of amidine groups is 1. The van der Waals surface area contributed by atoms with Crippen LogP contribution in [0, 0.1) is 11.6 Å². The highest BCUT2D eigenvalue weighted by atomic mass is 19.2. The fourth-order valence-electron chi connectivity index (χ4n) is 4.52. The van der Waals surface area contributed by atoms with E-state index in [0.717, 1.165) is 6.07 Å². The minimum atomic E-state index is -1.02. The molecular weight excluding hydrogens is 552 g/mol. The summed E-state index contributed by atoms with van der Waals surface area (Å²) in [6, 6.07) is 7.40. The van der Waals surface area contributed by atoms with Crippen molar-refractivity contribution < 1.29 is 32.9 Å². The number of aliphatic hydroxyl groups excluding tert-OH is 1. The van der Waals surface area contributed by atoms with Gasteiger partial charge in [-0.15, -0.1) is 0 Å². The van der Waals surface area contributed by atoms with E-state index in [1.807, 2.05) is 0 Å². The number of nitrogens with two attached hydrogens (primary N) is 1. The van der Waals surface area contributed by atoms with E-state index in [1.54, 1.807) is 19.2 Å². The summed E-state index contributed by atoms with van der Waals surface area (Å²) in [6.45, 7) is 2.91. The van der Waals surface area contributed by atoms with Crippen LogP contribution in [0.25, 0.3) is 0 Å². The smallest absolute Gasteiger partial charge is 0.239 e. The van der Waals surface area contributed by atoms with Gasteiger partial charge in [-0.2, -0.15) is 5.10 Å². The number of primary amides is 1. The molecule has 14 heteroatoms. The second-order valence-corrected chi connectivity index (χ2v) is 9.44. The lowest BCUT2D eigenvalue weighted by molar-refractivity contribution is -0.118. The van der Waals surface area contributed by atoms with Gasteiger partial charge in [-0.3, -0.25) is 14.4 Å². The van der Waals surface area contributed by atoms with Crippen molar-refractivity contribution in [3.05, 3.63) is 59.9 Å². The molecule has 1 amide bonds. The minimum absolute atomic E-state index is 0.0170. The van der Waals surface area contributed by atoms with E-state index in [9.17, 15) is 18.7 Å². The number of aromatic nitrogens is 2. The van der Waals surface area contributed by atoms with E-state index in [-0.39, 0.29) is 25.5 Å². The first kappa shape index (κ1) is 30.7. The van der Waals surface area contributed by atoms with E-state index in [4.69, 9.17) is 24.9 Å². The van der Waals surface area contributed by atoms with Crippen LogP contribution >= 0.6 is 0 Å². The second-order valence-electron chi connectivity index (χ2n) is 9.44. The Morgan fingerprint density at radius 1 is 1.19 bits per heavy atom. The molecule has 0 saturated heterocycles. The number of carbonyl (C=O) groups excluding carboxylic acids is 1. The topological polar surface area (TPSA) is 140 Å². The number of ether oxygens (including phenoxy) is 3. The average Bonchev–Trinajstić information content (AvgIpc) is 3.41. The number of nitrogens with one attached hydrogen (secondary N) is 1. The summed E-state index contributed by atoms with van der Waals surface area (Å²) < 4.78 is 47.3. The summed E-state index contributed by atoms with van der Waals surface area (Å²) in [5, 5.41) is 16.7. The number of carbonyl (C=O) groups is 1. The molecule has 0 radical (unpaired) electrons. The number of rotatable bonds is 15. The van der Waals surface area contributed by atoms with Crippen LogP contribution in [-0.2, 0) is 16.1 Å². The molecule has 12 nitrogen and oxygen atoms in total. The lowest BCUT2D eigenvalue weighted by Gasteiger charge is -2.33. The Labute approximate surface area is 242 Å². The quantitative estimate of drug-likeness (QED) is 0.229. The zero-order valence-electron chi connectivity index (χ0n) is 23.6. The second kappa shape index (κ2) is 14.6. The molecule has 42 heavy (non-hydrogen) atoms. The van der Waals surface area contributed by atoms with Crippen LogP contribution < -0.4 is 25.4 Å². The first-order chi connectivity index (χ1) is 20.3. The van der Waals surface area contributed by atoms with Crippen molar-refractivity contribution in [3.63, 3.8) is 0 Å². The number of fused-ring (bicyclic) bond motifs is 1. The van der Waals surface area contributed by atoms with Gasteiger partial charge in [0.25, 0.3) is 0 Å². The van der Waals surface area contributed by atoms with Crippen LogP contribution in [0.2, 0.25) is 0 Å². The molecule has 0 spiro atoms. The van der Waals surface area contributed by atoms with Crippen molar-refractivity contribution >= 4 is 28.8 Å². The van der Waals surface area contributed by atoms with Crippen LogP contribution in [0.15, 0.2) is 47.7 Å². The molecule has 0 atom stereocenters. The number of anilines is 2. The Morgan fingerprint density at radius 3 is 2.76 bits per heavy atom. The first-order valence-corrected chi connectivity index (χ1v) is 13.4. The van der Waals surface area contributed by atoms with Gasteiger partial charge in [-0.05, 0) is 24.6 Å². The minimum Gasteiger partial charge on any atom is -0.493 e. The van der Waals surface area contributed by atoms with E-state index < -0.39 is 17.5 Å². The largest absolute Gasteiger partial charge is 0.493 e. The predicted molar refractivity (Wildman–Crippen MR) is 153 cm³/mol. The molecule has 0 bridgehead atoms. The summed E-state index contributed by atoms with van der Waals surface area (Å²) in [5.74, 6) is -1.37. The number of aliphatic imine (C=N–C) groups is 1. The summed E-state index contributed by atoms with van der Waals surface area (Å²) in [5.41, 5.74) is 6.82. The van der Waals surface area contributed by atoms with Crippen LogP contribution in [0.3, 0.4) is 0 Å². The number of benzene rings is 2. The fraction of sp³-hybridized carbons (Fsp3) is 0.393. The summed E-state index contributed by atoms with van der Waals surface area (Å²) in [6.07, 6.45) is 3.67. The van der Waals surface area contributed by atoms with Crippen molar-refractivity contribution in [2.24, 2.45) is 10.7 Å².